The van der Waals surface area contributed by atoms with Crippen molar-refractivity contribution in [2.75, 3.05) is 7.11 Å². The van der Waals surface area contributed by atoms with Gasteiger partial charge in [0.2, 0.25) is 0 Å². The number of benzene rings is 1. The molecule has 0 saturated carbocycles. The summed E-state index contributed by atoms with van der Waals surface area (Å²) in [6, 6.07) is 8.78. The van der Waals surface area contributed by atoms with E-state index in [-0.39, 0.29) is 6.04 Å². The zero-order valence-electron chi connectivity index (χ0n) is 12.4. The molecule has 1 heterocycles. The maximum absolute atomic E-state index is 5.40. The van der Waals surface area contributed by atoms with E-state index in [0.29, 0.717) is 6.04 Å². The molecule has 1 aromatic carbocycles. The molecule has 2 unspecified atom stereocenters. The summed E-state index contributed by atoms with van der Waals surface area (Å²) in [7, 11) is 1.72. The van der Waals surface area contributed by atoms with Crippen LogP contribution in [0, 0.1) is 0 Å². The Hall–Kier alpha value is -1.81. The van der Waals surface area contributed by atoms with Crippen LogP contribution in [0.1, 0.15) is 37.7 Å². The van der Waals surface area contributed by atoms with Crippen LogP contribution < -0.4 is 10.1 Å². The van der Waals surface area contributed by atoms with E-state index in [0.717, 1.165) is 24.4 Å². The van der Waals surface area contributed by atoms with Crippen LogP contribution in [0.5, 0.6) is 5.75 Å². The van der Waals surface area contributed by atoms with Crippen LogP contribution in [-0.2, 0) is 6.42 Å². The Morgan fingerprint density at radius 2 is 2.15 bits per heavy atom. The summed E-state index contributed by atoms with van der Waals surface area (Å²) in [5.41, 5.74) is 1.23. The van der Waals surface area contributed by atoms with Gasteiger partial charge in [-0.05, 0) is 31.4 Å². The van der Waals surface area contributed by atoms with Gasteiger partial charge in [0.1, 0.15) is 11.6 Å². The lowest BCUT2D eigenvalue weighted by molar-refractivity contribution is 0.397. The first-order chi connectivity index (χ1) is 9.74. The van der Waals surface area contributed by atoms with Crippen molar-refractivity contribution in [3.8, 4) is 5.75 Å². The molecule has 108 valence electrons. The molecule has 0 saturated heterocycles. The van der Waals surface area contributed by atoms with E-state index in [9.17, 15) is 0 Å². The second-order valence-corrected chi connectivity index (χ2v) is 5.02. The maximum atomic E-state index is 5.40. The van der Waals surface area contributed by atoms with Crippen molar-refractivity contribution in [1.29, 1.82) is 0 Å². The molecule has 0 aliphatic carbocycles. The molecule has 2 aromatic rings. The van der Waals surface area contributed by atoms with Gasteiger partial charge >= 0.3 is 0 Å². The summed E-state index contributed by atoms with van der Waals surface area (Å²) in [5.74, 6) is 1.95. The van der Waals surface area contributed by atoms with Gasteiger partial charge in [-0.15, -0.1) is 0 Å². The average Bonchev–Trinajstić information content (AvgIpc) is 2.99. The molecule has 2 N–H and O–H groups in total. The number of H-pyrrole nitrogens is 1. The second-order valence-electron chi connectivity index (χ2n) is 5.02. The van der Waals surface area contributed by atoms with E-state index in [1.807, 2.05) is 18.3 Å². The van der Waals surface area contributed by atoms with Gasteiger partial charge in [-0.2, -0.15) is 0 Å². The molecule has 0 spiro atoms. The van der Waals surface area contributed by atoms with Crippen LogP contribution in [0.4, 0.5) is 0 Å². The Kier molecular flexibility index (Phi) is 5.18. The third-order valence-corrected chi connectivity index (χ3v) is 3.46. The third kappa shape index (κ3) is 3.61. The standard InChI is InChI=1S/C16H23N3O/c1-4-14(16-17-9-10-18-16)19-12(2)11-13-7-5-6-8-15(13)20-3/h5-10,12,14,19H,4,11H2,1-3H3,(H,17,18). The topological polar surface area (TPSA) is 49.9 Å². The van der Waals surface area contributed by atoms with Gasteiger partial charge < -0.3 is 15.0 Å². The van der Waals surface area contributed by atoms with Crippen LogP contribution in [0.15, 0.2) is 36.7 Å². The van der Waals surface area contributed by atoms with Crippen LogP contribution in [-0.4, -0.2) is 23.1 Å². The highest BCUT2D eigenvalue weighted by atomic mass is 16.5. The minimum absolute atomic E-state index is 0.259. The fourth-order valence-corrected chi connectivity index (χ4v) is 2.46. The SMILES string of the molecule is CCC(NC(C)Cc1ccccc1OC)c1ncc[nH]1. The molecular weight excluding hydrogens is 250 g/mol. The lowest BCUT2D eigenvalue weighted by Crippen LogP contribution is -2.32. The Bertz CT molecular complexity index is 510. The molecule has 0 aliphatic rings. The molecule has 0 aliphatic heterocycles. The number of nitrogens with one attached hydrogen (secondary N) is 2. The number of nitrogens with zero attached hydrogens (tertiary/aromatic N) is 1. The third-order valence-electron chi connectivity index (χ3n) is 3.46. The van der Waals surface area contributed by atoms with Gasteiger partial charge in [-0.3, -0.25) is 0 Å². The molecular formula is C16H23N3O. The van der Waals surface area contributed by atoms with Crippen LogP contribution >= 0.6 is 0 Å². The highest BCUT2D eigenvalue weighted by molar-refractivity contribution is 5.33. The number of rotatable bonds is 7. The van der Waals surface area contributed by atoms with E-state index < -0.39 is 0 Å². The zero-order chi connectivity index (χ0) is 14.4. The van der Waals surface area contributed by atoms with E-state index in [2.05, 4.69) is 41.3 Å². The van der Waals surface area contributed by atoms with Gasteiger partial charge in [0, 0.05) is 18.4 Å². The molecule has 2 atom stereocenters. The highest BCUT2D eigenvalue weighted by Gasteiger charge is 2.15. The lowest BCUT2D eigenvalue weighted by Gasteiger charge is -2.21. The first-order valence-electron chi connectivity index (χ1n) is 7.11. The molecule has 0 bridgehead atoms. The minimum Gasteiger partial charge on any atom is -0.496 e. The molecule has 4 heteroatoms. The smallest absolute Gasteiger partial charge is 0.123 e. The zero-order valence-corrected chi connectivity index (χ0v) is 12.4. The molecule has 1 aromatic heterocycles. The van der Waals surface area contributed by atoms with E-state index in [1.165, 1.54) is 5.56 Å². The predicted octanol–water partition coefficient (Wildman–Crippen LogP) is 3.09. The van der Waals surface area contributed by atoms with Gasteiger partial charge in [0.15, 0.2) is 0 Å². The average molecular weight is 273 g/mol. The summed E-state index contributed by atoms with van der Waals surface area (Å²) < 4.78 is 5.40. The van der Waals surface area contributed by atoms with E-state index in [1.54, 1.807) is 13.3 Å². The van der Waals surface area contributed by atoms with Gasteiger partial charge in [0.05, 0.1) is 13.2 Å². The van der Waals surface area contributed by atoms with Crippen molar-refractivity contribution in [1.82, 2.24) is 15.3 Å². The van der Waals surface area contributed by atoms with Crippen molar-refractivity contribution < 1.29 is 4.74 Å². The van der Waals surface area contributed by atoms with E-state index in [4.69, 9.17) is 4.74 Å². The van der Waals surface area contributed by atoms with Crippen molar-refractivity contribution >= 4 is 0 Å². The van der Waals surface area contributed by atoms with Crippen molar-refractivity contribution in [2.45, 2.75) is 38.8 Å². The summed E-state index contributed by atoms with van der Waals surface area (Å²) in [4.78, 5) is 7.52. The molecule has 0 amide bonds. The van der Waals surface area contributed by atoms with Crippen molar-refractivity contribution in [3.05, 3.63) is 48.0 Å². The fourth-order valence-electron chi connectivity index (χ4n) is 2.46. The first-order valence-corrected chi connectivity index (χ1v) is 7.11. The van der Waals surface area contributed by atoms with Crippen LogP contribution in [0.25, 0.3) is 0 Å². The number of hydrogen-bond donors (Lipinski definition) is 2. The van der Waals surface area contributed by atoms with Crippen molar-refractivity contribution in [2.24, 2.45) is 0 Å². The maximum Gasteiger partial charge on any atom is 0.123 e. The minimum atomic E-state index is 0.259. The van der Waals surface area contributed by atoms with Gasteiger partial charge in [0.25, 0.3) is 0 Å². The summed E-state index contributed by atoms with van der Waals surface area (Å²) >= 11 is 0. The quantitative estimate of drug-likeness (QED) is 0.815. The van der Waals surface area contributed by atoms with E-state index >= 15 is 0 Å². The van der Waals surface area contributed by atoms with Gasteiger partial charge in [-0.25, -0.2) is 4.98 Å². The largest absolute Gasteiger partial charge is 0.496 e. The van der Waals surface area contributed by atoms with Crippen molar-refractivity contribution in [3.63, 3.8) is 0 Å². The number of hydrogen-bond acceptors (Lipinski definition) is 3. The predicted molar refractivity (Wildman–Crippen MR) is 80.9 cm³/mol. The number of para-hydroxylation sites is 1. The normalized spacial score (nSPS) is 13.9. The number of aromatic nitrogens is 2. The summed E-state index contributed by atoms with van der Waals surface area (Å²) in [6.07, 6.45) is 5.60. The van der Waals surface area contributed by atoms with Crippen LogP contribution in [0.2, 0.25) is 0 Å². The molecule has 20 heavy (non-hydrogen) atoms. The Morgan fingerprint density at radius 3 is 2.80 bits per heavy atom. The number of imidazole rings is 1. The summed E-state index contributed by atoms with van der Waals surface area (Å²) in [5, 5.41) is 3.62. The molecule has 0 radical (unpaired) electrons. The number of aromatic amines is 1. The molecule has 2 rings (SSSR count). The number of methoxy groups -OCH3 is 1. The Balaban J connectivity index is 1.99. The van der Waals surface area contributed by atoms with Gasteiger partial charge in [-0.1, -0.05) is 25.1 Å². The Labute approximate surface area is 120 Å². The monoisotopic (exact) mass is 273 g/mol. The second kappa shape index (κ2) is 7.10. The first kappa shape index (κ1) is 14.6. The summed E-state index contributed by atoms with van der Waals surface area (Å²) in [6.45, 7) is 4.36. The molecule has 4 nitrogen and oxygen atoms in total. The lowest BCUT2D eigenvalue weighted by atomic mass is 10.0. The highest BCUT2D eigenvalue weighted by Crippen LogP contribution is 2.20. The van der Waals surface area contributed by atoms with Crippen LogP contribution in [0.3, 0.4) is 0 Å². The Morgan fingerprint density at radius 1 is 1.35 bits per heavy atom. The molecule has 0 fully saturated rings. The fraction of sp³-hybridized carbons (Fsp3) is 0.438. The number of ether oxygens (including phenoxy) is 1.